The van der Waals surface area contributed by atoms with Crippen LogP contribution >= 0.6 is 27.5 Å². The van der Waals surface area contributed by atoms with Crippen LogP contribution in [0.3, 0.4) is 0 Å². The Hall–Kier alpha value is -1.10. The molecule has 0 fully saturated rings. The highest BCUT2D eigenvalue weighted by molar-refractivity contribution is 9.10. The molecule has 19 heavy (non-hydrogen) atoms. The smallest absolute Gasteiger partial charge is 0.139 e. The molecule has 0 aliphatic heterocycles. The van der Waals surface area contributed by atoms with Gasteiger partial charge in [0.05, 0.1) is 4.47 Å². The van der Waals surface area contributed by atoms with Crippen LogP contribution in [0, 0.1) is 5.82 Å². The van der Waals surface area contributed by atoms with Crippen molar-refractivity contribution in [1.82, 2.24) is 0 Å². The Balaban J connectivity index is 2.27. The van der Waals surface area contributed by atoms with E-state index in [-0.39, 0.29) is 12.4 Å². The van der Waals surface area contributed by atoms with Gasteiger partial charge in [-0.05, 0) is 40.2 Å². The quantitative estimate of drug-likeness (QED) is 0.896. The first-order valence-electron chi connectivity index (χ1n) is 5.68. The van der Waals surface area contributed by atoms with Gasteiger partial charge in [0.15, 0.2) is 0 Å². The Morgan fingerprint density at radius 2 is 2.00 bits per heavy atom. The van der Waals surface area contributed by atoms with E-state index in [2.05, 4.69) is 15.9 Å². The summed E-state index contributed by atoms with van der Waals surface area (Å²) in [6.45, 7) is 0.177. The van der Waals surface area contributed by atoms with Crippen LogP contribution in [-0.2, 0) is 0 Å². The lowest BCUT2D eigenvalue weighted by atomic mass is 10.1. The van der Waals surface area contributed by atoms with Crippen LogP contribution < -0.4 is 10.5 Å². The van der Waals surface area contributed by atoms with Crippen LogP contribution in [0.5, 0.6) is 5.75 Å². The molecule has 0 saturated carbocycles. The van der Waals surface area contributed by atoms with Crippen LogP contribution in [0.15, 0.2) is 46.9 Å². The van der Waals surface area contributed by atoms with E-state index in [1.165, 1.54) is 6.07 Å². The summed E-state index contributed by atoms with van der Waals surface area (Å²) in [4.78, 5) is 0. The summed E-state index contributed by atoms with van der Waals surface area (Å²) in [5.41, 5.74) is 6.11. The molecule has 0 radical (unpaired) electrons. The Kier molecular flexibility index (Phi) is 4.80. The molecular formula is C14H12BrClFNO. The summed E-state index contributed by atoms with van der Waals surface area (Å²) in [6, 6.07) is 11.6. The van der Waals surface area contributed by atoms with Crippen molar-refractivity contribution in [3.05, 3.63) is 63.3 Å². The second-order valence-corrected chi connectivity index (χ2v) is 5.23. The standard InChI is InChI=1S/C14H12BrClFNO/c15-11-7-9(16)5-6-13(11)19-14(8-18)10-3-1-2-4-12(10)17/h1-7,14H,8,18H2. The normalized spacial score (nSPS) is 12.2. The molecule has 0 heterocycles. The van der Waals surface area contributed by atoms with E-state index >= 15 is 0 Å². The van der Waals surface area contributed by atoms with E-state index in [4.69, 9.17) is 22.1 Å². The summed E-state index contributed by atoms with van der Waals surface area (Å²) >= 11 is 9.21. The molecule has 2 N–H and O–H groups in total. The molecule has 0 amide bonds. The lowest BCUT2D eigenvalue weighted by Crippen LogP contribution is -2.19. The maximum absolute atomic E-state index is 13.7. The fraction of sp³-hybridized carbons (Fsp3) is 0.143. The predicted molar refractivity (Wildman–Crippen MR) is 78.0 cm³/mol. The van der Waals surface area contributed by atoms with Crippen LogP contribution in [0.2, 0.25) is 5.02 Å². The third kappa shape index (κ3) is 3.47. The lowest BCUT2D eigenvalue weighted by Gasteiger charge is -2.19. The fourth-order valence-corrected chi connectivity index (χ4v) is 2.47. The van der Waals surface area contributed by atoms with E-state index in [1.807, 2.05) is 0 Å². The van der Waals surface area contributed by atoms with Crippen LogP contribution in [0.4, 0.5) is 4.39 Å². The minimum absolute atomic E-state index is 0.177. The van der Waals surface area contributed by atoms with Gasteiger partial charge in [0.2, 0.25) is 0 Å². The summed E-state index contributed by atoms with van der Waals surface area (Å²) in [6.07, 6.45) is -0.543. The van der Waals surface area contributed by atoms with Gasteiger partial charge in [0.1, 0.15) is 17.7 Å². The maximum atomic E-state index is 13.7. The molecule has 0 aromatic heterocycles. The number of hydrogen-bond donors (Lipinski definition) is 1. The fourth-order valence-electron chi connectivity index (χ4n) is 1.70. The highest BCUT2D eigenvalue weighted by Gasteiger charge is 2.16. The molecule has 0 aliphatic carbocycles. The van der Waals surface area contributed by atoms with Crippen molar-refractivity contribution >= 4 is 27.5 Å². The minimum Gasteiger partial charge on any atom is -0.483 e. The van der Waals surface area contributed by atoms with Gasteiger partial charge >= 0.3 is 0 Å². The van der Waals surface area contributed by atoms with Crippen molar-refractivity contribution in [1.29, 1.82) is 0 Å². The number of benzene rings is 2. The Morgan fingerprint density at radius 1 is 1.26 bits per heavy atom. The molecule has 0 bridgehead atoms. The molecule has 2 rings (SSSR count). The summed E-state index contributed by atoms with van der Waals surface area (Å²) in [5, 5.41) is 0.592. The van der Waals surface area contributed by atoms with E-state index in [1.54, 1.807) is 36.4 Å². The molecule has 2 nitrogen and oxygen atoms in total. The van der Waals surface area contributed by atoms with Crippen LogP contribution in [-0.4, -0.2) is 6.54 Å². The summed E-state index contributed by atoms with van der Waals surface area (Å²) in [5.74, 6) is 0.242. The van der Waals surface area contributed by atoms with Gasteiger partial charge in [0, 0.05) is 17.1 Å². The highest BCUT2D eigenvalue weighted by Crippen LogP contribution is 2.31. The van der Waals surface area contributed by atoms with Gasteiger partial charge in [-0.25, -0.2) is 4.39 Å². The van der Waals surface area contributed by atoms with Crippen molar-refractivity contribution in [2.45, 2.75) is 6.10 Å². The first kappa shape index (κ1) is 14.3. The zero-order valence-corrected chi connectivity index (χ0v) is 12.3. The van der Waals surface area contributed by atoms with Gasteiger partial charge in [-0.3, -0.25) is 0 Å². The van der Waals surface area contributed by atoms with Crippen molar-refractivity contribution < 1.29 is 9.13 Å². The van der Waals surface area contributed by atoms with Crippen LogP contribution in [0.25, 0.3) is 0 Å². The van der Waals surface area contributed by atoms with E-state index in [0.717, 1.165) is 0 Å². The van der Waals surface area contributed by atoms with Gasteiger partial charge in [0.25, 0.3) is 0 Å². The molecule has 5 heteroatoms. The third-order valence-electron chi connectivity index (χ3n) is 2.63. The SMILES string of the molecule is NCC(Oc1ccc(Cl)cc1Br)c1ccccc1F. The van der Waals surface area contributed by atoms with Crippen molar-refractivity contribution in [2.75, 3.05) is 6.54 Å². The highest BCUT2D eigenvalue weighted by atomic mass is 79.9. The molecule has 1 unspecified atom stereocenters. The molecule has 0 spiro atoms. The van der Waals surface area contributed by atoms with Gasteiger partial charge in [-0.1, -0.05) is 29.8 Å². The Bertz CT molecular complexity index is 579. The summed E-state index contributed by atoms with van der Waals surface area (Å²) in [7, 11) is 0. The maximum Gasteiger partial charge on any atom is 0.139 e. The largest absolute Gasteiger partial charge is 0.483 e. The van der Waals surface area contributed by atoms with Crippen molar-refractivity contribution in [3.8, 4) is 5.75 Å². The van der Waals surface area contributed by atoms with E-state index in [0.29, 0.717) is 20.8 Å². The van der Waals surface area contributed by atoms with Crippen molar-refractivity contribution in [2.24, 2.45) is 5.73 Å². The average Bonchev–Trinajstić information content (AvgIpc) is 2.39. The Labute approximate surface area is 124 Å². The van der Waals surface area contributed by atoms with Gasteiger partial charge in [-0.2, -0.15) is 0 Å². The summed E-state index contributed by atoms with van der Waals surface area (Å²) < 4.78 is 20.2. The van der Waals surface area contributed by atoms with Crippen molar-refractivity contribution in [3.63, 3.8) is 0 Å². The topological polar surface area (TPSA) is 35.2 Å². The van der Waals surface area contributed by atoms with Crippen LogP contribution in [0.1, 0.15) is 11.7 Å². The zero-order chi connectivity index (χ0) is 13.8. The predicted octanol–water partition coefficient (Wildman–Crippen LogP) is 4.32. The first-order chi connectivity index (χ1) is 9.11. The van der Waals surface area contributed by atoms with E-state index in [9.17, 15) is 4.39 Å². The first-order valence-corrected chi connectivity index (χ1v) is 6.85. The molecule has 0 saturated heterocycles. The zero-order valence-electron chi connectivity index (χ0n) is 9.95. The van der Waals surface area contributed by atoms with Gasteiger partial charge < -0.3 is 10.5 Å². The van der Waals surface area contributed by atoms with Gasteiger partial charge in [-0.15, -0.1) is 0 Å². The second kappa shape index (κ2) is 6.37. The van der Waals surface area contributed by atoms with E-state index < -0.39 is 6.10 Å². The molecule has 0 aliphatic rings. The number of hydrogen-bond acceptors (Lipinski definition) is 2. The molecular weight excluding hydrogens is 333 g/mol. The number of nitrogens with two attached hydrogens (primary N) is 1. The molecule has 100 valence electrons. The minimum atomic E-state index is -0.543. The molecule has 1 atom stereocenters. The molecule has 2 aromatic carbocycles. The number of ether oxygens (including phenoxy) is 1. The number of halogens is 3. The lowest BCUT2D eigenvalue weighted by molar-refractivity contribution is 0.207. The number of rotatable bonds is 4. The Morgan fingerprint density at radius 3 is 2.63 bits per heavy atom. The molecule has 2 aromatic rings. The second-order valence-electron chi connectivity index (χ2n) is 3.94. The average molecular weight is 345 g/mol. The third-order valence-corrected chi connectivity index (χ3v) is 3.48. The monoisotopic (exact) mass is 343 g/mol.